The van der Waals surface area contributed by atoms with Gasteiger partial charge in [0, 0.05) is 0 Å². The maximum Gasteiger partial charge on any atom is 0.114 e. The smallest absolute Gasteiger partial charge is 0.0991 e. The zero-order valence-electron chi connectivity index (χ0n) is 7.25. The Morgan fingerprint density at radius 2 is 2.08 bits per heavy atom. The third-order valence-electron chi connectivity index (χ3n) is 1.75. The zero-order valence-corrected chi connectivity index (χ0v) is 7.25. The largest absolute Gasteiger partial charge is 0.114 e. The Hall–Kier alpha value is -1.24. The highest BCUT2D eigenvalue weighted by Crippen LogP contribution is 2.14. The number of aryl methyl sites for hydroxylation is 1. The highest BCUT2D eigenvalue weighted by atomic mass is 14.0. The highest BCUT2D eigenvalue weighted by molar-refractivity contribution is 6.42. The molecule has 0 unspecified atom stereocenters. The molecule has 0 heterocycles. The maximum atomic E-state index is 5.80. The topological polar surface area (TPSA) is 0 Å². The molecule has 1 rings (SSSR count). The summed E-state index contributed by atoms with van der Waals surface area (Å²) in [7, 11) is 5.80. The van der Waals surface area contributed by atoms with Crippen LogP contribution in [0.1, 0.15) is 11.1 Å². The normalized spacial score (nSPS) is 11.2. The first-order valence-corrected chi connectivity index (χ1v) is 3.90. The molecule has 2 radical (unpaired) electrons. The van der Waals surface area contributed by atoms with Crippen LogP contribution in [0.3, 0.4) is 0 Å². The van der Waals surface area contributed by atoms with Crippen LogP contribution in [0.25, 0.3) is 5.47 Å². The standard InChI is InChI=1S/C11H11B/c1-3-6-11(12)10-8-5-4-7-9(10)2/h3-8H,1H2,2H3/b11-6+. The molecule has 0 aliphatic rings. The summed E-state index contributed by atoms with van der Waals surface area (Å²) in [6.45, 7) is 5.64. The van der Waals surface area contributed by atoms with E-state index in [0.717, 1.165) is 11.0 Å². The molecular weight excluding hydrogens is 143 g/mol. The molecular formula is C11H11B. The van der Waals surface area contributed by atoms with E-state index in [-0.39, 0.29) is 0 Å². The van der Waals surface area contributed by atoms with Gasteiger partial charge in [-0.05, 0) is 18.1 Å². The maximum absolute atomic E-state index is 5.80. The van der Waals surface area contributed by atoms with Crippen LogP contribution in [-0.4, -0.2) is 7.85 Å². The van der Waals surface area contributed by atoms with Gasteiger partial charge >= 0.3 is 0 Å². The summed E-state index contributed by atoms with van der Waals surface area (Å²) in [6, 6.07) is 8.02. The quantitative estimate of drug-likeness (QED) is 0.453. The van der Waals surface area contributed by atoms with Gasteiger partial charge in [0.25, 0.3) is 0 Å². The second kappa shape index (κ2) is 3.96. The Morgan fingerprint density at radius 1 is 1.42 bits per heavy atom. The van der Waals surface area contributed by atoms with E-state index in [0.29, 0.717) is 0 Å². The van der Waals surface area contributed by atoms with Crippen molar-refractivity contribution in [1.29, 1.82) is 0 Å². The fourth-order valence-corrected chi connectivity index (χ4v) is 1.11. The van der Waals surface area contributed by atoms with Crippen LogP contribution < -0.4 is 0 Å². The molecule has 58 valence electrons. The second-order valence-electron chi connectivity index (χ2n) is 2.67. The number of hydrogen-bond donors (Lipinski definition) is 0. The van der Waals surface area contributed by atoms with E-state index in [4.69, 9.17) is 7.85 Å². The molecule has 0 atom stereocenters. The summed E-state index contributed by atoms with van der Waals surface area (Å²) in [6.07, 6.45) is 3.50. The van der Waals surface area contributed by atoms with E-state index in [1.165, 1.54) is 5.56 Å². The van der Waals surface area contributed by atoms with Crippen molar-refractivity contribution in [2.45, 2.75) is 6.92 Å². The summed E-state index contributed by atoms with van der Waals surface area (Å²) >= 11 is 0. The lowest BCUT2D eigenvalue weighted by atomic mass is 9.86. The molecule has 0 spiro atoms. The van der Waals surface area contributed by atoms with E-state index < -0.39 is 0 Å². The zero-order chi connectivity index (χ0) is 8.97. The number of benzene rings is 1. The molecule has 0 aromatic heterocycles. The van der Waals surface area contributed by atoms with Gasteiger partial charge < -0.3 is 0 Å². The number of hydrogen-bond acceptors (Lipinski definition) is 0. The average molecular weight is 154 g/mol. The van der Waals surface area contributed by atoms with E-state index in [2.05, 4.69) is 6.58 Å². The van der Waals surface area contributed by atoms with Crippen LogP contribution >= 0.6 is 0 Å². The van der Waals surface area contributed by atoms with Crippen LogP contribution in [-0.2, 0) is 0 Å². The second-order valence-corrected chi connectivity index (χ2v) is 2.67. The summed E-state index contributed by atoms with van der Waals surface area (Å²) in [4.78, 5) is 0. The van der Waals surface area contributed by atoms with Crippen molar-refractivity contribution in [3.8, 4) is 0 Å². The first-order valence-electron chi connectivity index (χ1n) is 3.90. The van der Waals surface area contributed by atoms with Gasteiger partial charge in [0.15, 0.2) is 0 Å². The van der Waals surface area contributed by atoms with Crippen molar-refractivity contribution >= 4 is 13.3 Å². The summed E-state index contributed by atoms with van der Waals surface area (Å²) < 4.78 is 0. The molecule has 0 saturated carbocycles. The minimum atomic E-state index is 0.767. The van der Waals surface area contributed by atoms with Crippen LogP contribution in [0, 0.1) is 6.92 Å². The van der Waals surface area contributed by atoms with Gasteiger partial charge in [-0.25, -0.2) is 0 Å². The molecule has 0 saturated heterocycles. The molecule has 0 nitrogen and oxygen atoms in total. The van der Waals surface area contributed by atoms with Crippen LogP contribution in [0.2, 0.25) is 0 Å². The lowest BCUT2D eigenvalue weighted by Gasteiger charge is -2.04. The number of allylic oxidation sites excluding steroid dienone is 2. The third-order valence-corrected chi connectivity index (χ3v) is 1.75. The highest BCUT2D eigenvalue weighted by Gasteiger charge is 1.95. The van der Waals surface area contributed by atoms with E-state index >= 15 is 0 Å². The van der Waals surface area contributed by atoms with Gasteiger partial charge in [0.05, 0.1) is 0 Å². The molecule has 12 heavy (non-hydrogen) atoms. The Bertz CT molecular complexity index is 311. The van der Waals surface area contributed by atoms with Crippen molar-refractivity contribution in [3.63, 3.8) is 0 Å². The Balaban J connectivity index is 3.10. The van der Waals surface area contributed by atoms with Gasteiger partial charge in [-0.15, -0.1) is 0 Å². The number of rotatable bonds is 2. The SMILES string of the molecule is [B]/C(=C/C=C)c1ccccc1C. The van der Waals surface area contributed by atoms with Crippen molar-refractivity contribution in [3.05, 3.63) is 54.1 Å². The van der Waals surface area contributed by atoms with Crippen LogP contribution in [0.5, 0.6) is 0 Å². The molecule has 1 heteroatoms. The first-order chi connectivity index (χ1) is 5.75. The van der Waals surface area contributed by atoms with E-state index in [1.807, 2.05) is 37.3 Å². The van der Waals surface area contributed by atoms with Gasteiger partial charge in [0.2, 0.25) is 0 Å². The summed E-state index contributed by atoms with van der Waals surface area (Å²) in [5.74, 6) is 0. The predicted molar refractivity (Wildman–Crippen MR) is 55.1 cm³/mol. The van der Waals surface area contributed by atoms with Crippen molar-refractivity contribution in [2.24, 2.45) is 0 Å². The molecule has 0 N–H and O–H groups in total. The minimum absolute atomic E-state index is 0.767. The van der Waals surface area contributed by atoms with Gasteiger partial charge in [-0.2, -0.15) is 0 Å². The molecule has 1 aromatic rings. The molecule has 0 bridgehead atoms. The first kappa shape index (κ1) is 8.86. The predicted octanol–water partition coefficient (Wildman–Crippen LogP) is 2.69. The van der Waals surface area contributed by atoms with Crippen molar-refractivity contribution < 1.29 is 0 Å². The Morgan fingerprint density at radius 3 is 2.67 bits per heavy atom. The van der Waals surface area contributed by atoms with Crippen LogP contribution in [0.4, 0.5) is 0 Å². The Kier molecular flexibility index (Phi) is 2.92. The Labute approximate surface area is 75.0 Å². The molecule has 0 amide bonds. The fraction of sp³-hybridized carbons (Fsp3) is 0.0909. The molecule has 1 aromatic carbocycles. The third kappa shape index (κ3) is 1.88. The van der Waals surface area contributed by atoms with Crippen LogP contribution in [0.15, 0.2) is 43.0 Å². The summed E-state index contributed by atoms with van der Waals surface area (Å²) in [5, 5.41) is 0. The van der Waals surface area contributed by atoms with Gasteiger partial charge in [-0.1, -0.05) is 48.5 Å². The van der Waals surface area contributed by atoms with E-state index in [9.17, 15) is 0 Å². The fourth-order valence-electron chi connectivity index (χ4n) is 1.11. The monoisotopic (exact) mass is 154 g/mol. The van der Waals surface area contributed by atoms with Crippen molar-refractivity contribution in [1.82, 2.24) is 0 Å². The minimum Gasteiger partial charge on any atom is -0.0991 e. The van der Waals surface area contributed by atoms with Gasteiger partial charge in [-0.3, -0.25) is 0 Å². The molecule has 0 aliphatic heterocycles. The van der Waals surface area contributed by atoms with Crippen molar-refractivity contribution in [2.75, 3.05) is 0 Å². The molecule has 0 fully saturated rings. The summed E-state index contributed by atoms with van der Waals surface area (Å²) in [5.41, 5.74) is 3.04. The lowest BCUT2D eigenvalue weighted by Crippen LogP contribution is -1.86. The molecule has 0 aliphatic carbocycles. The van der Waals surface area contributed by atoms with E-state index in [1.54, 1.807) is 6.08 Å². The lowest BCUT2D eigenvalue weighted by molar-refractivity contribution is 1.44. The average Bonchev–Trinajstić information content (AvgIpc) is 2.05. The van der Waals surface area contributed by atoms with Gasteiger partial charge in [0.1, 0.15) is 7.85 Å².